The average Bonchev–Trinajstić information content (AvgIpc) is 2.94. The monoisotopic (exact) mass is 261 g/mol. The smallest absolute Gasteiger partial charge is 0.300 e. The number of anilines is 1. The van der Waals surface area contributed by atoms with Gasteiger partial charge in [-0.05, 0) is 24.3 Å². The Morgan fingerprint density at radius 3 is 2.90 bits per heavy atom. The van der Waals surface area contributed by atoms with E-state index in [0.29, 0.717) is 5.69 Å². The first-order valence-corrected chi connectivity index (χ1v) is 6.12. The van der Waals surface area contributed by atoms with Crippen LogP contribution in [0.3, 0.4) is 0 Å². The molecule has 2 aromatic heterocycles. The normalized spacial score (nSPS) is 9.80. The number of nitrogens with one attached hydrogen (secondary N) is 2. The maximum atomic E-state index is 11.7. The average molecular weight is 261 g/mol. The third kappa shape index (κ3) is 2.68. The van der Waals surface area contributed by atoms with Gasteiger partial charge in [-0.3, -0.25) is 4.79 Å². The Morgan fingerprint density at radius 1 is 1.20 bits per heavy atom. The van der Waals surface area contributed by atoms with Gasteiger partial charge in [0.2, 0.25) is 0 Å². The van der Waals surface area contributed by atoms with Crippen molar-refractivity contribution in [2.45, 2.75) is 0 Å². The van der Waals surface area contributed by atoms with Gasteiger partial charge in [0.05, 0.1) is 11.9 Å². The van der Waals surface area contributed by atoms with Crippen LogP contribution in [0.25, 0.3) is 11.0 Å². The molecule has 0 fully saturated rings. The Morgan fingerprint density at radius 2 is 2.05 bits per heavy atom. The third-order valence-corrected chi connectivity index (χ3v) is 2.75. The summed E-state index contributed by atoms with van der Waals surface area (Å²) in [6.07, 6.45) is 3.40. The van der Waals surface area contributed by atoms with Crippen molar-refractivity contribution in [1.29, 1.82) is 0 Å². The zero-order valence-electron chi connectivity index (χ0n) is 10.6. The highest BCUT2D eigenvalue weighted by Crippen LogP contribution is 2.14. The van der Waals surface area contributed by atoms with Crippen LogP contribution in [0, 0.1) is 11.8 Å². The molecule has 0 radical (unpaired) electrons. The van der Waals surface area contributed by atoms with Crippen molar-refractivity contribution in [3.63, 3.8) is 0 Å². The summed E-state index contributed by atoms with van der Waals surface area (Å²) in [5.74, 6) is 5.01. The van der Waals surface area contributed by atoms with Crippen molar-refractivity contribution in [2.75, 3.05) is 5.32 Å². The van der Waals surface area contributed by atoms with Gasteiger partial charge in [0.15, 0.2) is 0 Å². The van der Waals surface area contributed by atoms with Crippen molar-refractivity contribution in [1.82, 2.24) is 9.97 Å². The van der Waals surface area contributed by atoms with Crippen molar-refractivity contribution in [2.24, 2.45) is 0 Å². The lowest BCUT2D eigenvalue weighted by Crippen LogP contribution is -2.08. The molecule has 3 aromatic rings. The van der Waals surface area contributed by atoms with Gasteiger partial charge in [-0.25, -0.2) is 4.98 Å². The molecule has 0 aliphatic heterocycles. The maximum absolute atomic E-state index is 11.7. The second-order valence-electron chi connectivity index (χ2n) is 4.21. The van der Waals surface area contributed by atoms with Crippen LogP contribution < -0.4 is 5.32 Å². The fourth-order valence-electron chi connectivity index (χ4n) is 1.82. The number of nitrogens with zero attached hydrogens (tertiary/aromatic N) is 1. The van der Waals surface area contributed by atoms with Gasteiger partial charge < -0.3 is 10.3 Å². The standard InChI is InChI=1S/C16H11N3O/c20-15(7-6-12-4-2-1-3-5-12)19-14-10-13-8-9-17-16(13)18-11-14/h1-5,8-11H,(H,17,18)(H,19,20). The number of amides is 1. The predicted molar refractivity (Wildman–Crippen MR) is 78.0 cm³/mol. The van der Waals surface area contributed by atoms with E-state index in [0.717, 1.165) is 16.6 Å². The quantitative estimate of drug-likeness (QED) is 0.661. The van der Waals surface area contributed by atoms with E-state index in [9.17, 15) is 4.79 Å². The van der Waals surface area contributed by atoms with Gasteiger partial charge in [0.25, 0.3) is 0 Å². The minimum atomic E-state index is -0.356. The Hall–Kier alpha value is -3.06. The molecule has 0 aliphatic carbocycles. The minimum absolute atomic E-state index is 0.356. The summed E-state index contributed by atoms with van der Waals surface area (Å²) in [7, 11) is 0. The first kappa shape index (κ1) is 12.0. The van der Waals surface area contributed by atoms with Gasteiger partial charge in [0.1, 0.15) is 5.65 Å². The van der Waals surface area contributed by atoms with Gasteiger partial charge >= 0.3 is 5.91 Å². The van der Waals surface area contributed by atoms with E-state index in [-0.39, 0.29) is 5.91 Å². The molecular formula is C16H11N3O. The zero-order valence-corrected chi connectivity index (χ0v) is 10.6. The summed E-state index contributed by atoms with van der Waals surface area (Å²) in [5, 5.41) is 3.65. The van der Waals surface area contributed by atoms with Gasteiger partial charge in [-0.2, -0.15) is 0 Å². The van der Waals surface area contributed by atoms with Crippen LogP contribution >= 0.6 is 0 Å². The lowest BCUT2D eigenvalue weighted by Gasteiger charge is -1.99. The van der Waals surface area contributed by atoms with Crippen LogP contribution in [0.1, 0.15) is 5.56 Å². The Balaban J connectivity index is 1.74. The maximum Gasteiger partial charge on any atom is 0.300 e. The summed E-state index contributed by atoms with van der Waals surface area (Å²) in [4.78, 5) is 18.9. The number of pyridine rings is 1. The van der Waals surface area contributed by atoms with E-state index in [1.165, 1.54) is 0 Å². The van der Waals surface area contributed by atoms with E-state index in [1.807, 2.05) is 42.5 Å². The summed E-state index contributed by atoms with van der Waals surface area (Å²) in [5.41, 5.74) is 2.23. The predicted octanol–water partition coefficient (Wildman–Crippen LogP) is 2.55. The molecular weight excluding hydrogens is 250 g/mol. The SMILES string of the molecule is O=C(C#Cc1ccccc1)Nc1cnc2[nH]ccc2c1. The molecule has 1 amide bonds. The number of hydrogen-bond donors (Lipinski definition) is 2. The van der Waals surface area contributed by atoms with Gasteiger partial charge in [0, 0.05) is 23.1 Å². The molecule has 96 valence electrons. The molecule has 4 heteroatoms. The van der Waals surface area contributed by atoms with Crippen LogP contribution in [-0.2, 0) is 4.79 Å². The molecule has 3 rings (SSSR count). The van der Waals surface area contributed by atoms with Crippen LogP contribution in [0.15, 0.2) is 54.9 Å². The van der Waals surface area contributed by atoms with Crippen molar-refractivity contribution < 1.29 is 4.79 Å². The molecule has 2 N–H and O–H groups in total. The summed E-state index contributed by atoms with van der Waals surface area (Å²) >= 11 is 0. The summed E-state index contributed by atoms with van der Waals surface area (Å²) in [6, 6.07) is 13.1. The lowest BCUT2D eigenvalue weighted by atomic mass is 10.2. The highest BCUT2D eigenvalue weighted by Gasteiger charge is 2.01. The molecule has 0 saturated carbocycles. The van der Waals surface area contributed by atoms with E-state index < -0.39 is 0 Å². The van der Waals surface area contributed by atoms with Crippen LogP contribution in [0.4, 0.5) is 5.69 Å². The third-order valence-electron chi connectivity index (χ3n) is 2.75. The molecule has 0 bridgehead atoms. The van der Waals surface area contributed by atoms with E-state index in [4.69, 9.17) is 0 Å². The van der Waals surface area contributed by atoms with E-state index in [2.05, 4.69) is 27.1 Å². The summed E-state index contributed by atoms with van der Waals surface area (Å²) in [6.45, 7) is 0. The number of benzene rings is 1. The molecule has 0 spiro atoms. The van der Waals surface area contributed by atoms with Crippen LogP contribution in [-0.4, -0.2) is 15.9 Å². The molecule has 0 aliphatic rings. The number of carbonyl (C=O) groups excluding carboxylic acids is 1. The minimum Gasteiger partial charge on any atom is -0.346 e. The first-order valence-electron chi connectivity index (χ1n) is 6.12. The molecule has 4 nitrogen and oxygen atoms in total. The molecule has 0 unspecified atom stereocenters. The van der Waals surface area contributed by atoms with Gasteiger partial charge in [-0.1, -0.05) is 24.1 Å². The van der Waals surface area contributed by atoms with Gasteiger partial charge in [-0.15, -0.1) is 0 Å². The highest BCUT2D eigenvalue weighted by molar-refractivity contribution is 6.04. The number of rotatable bonds is 1. The first-order chi connectivity index (χ1) is 9.81. The largest absolute Gasteiger partial charge is 0.346 e. The second-order valence-corrected chi connectivity index (χ2v) is 4.21. The summed E-state index contributed by atoms with van der Waals surface area (Å²) < 4.78 is 0. The van der Waals surface area contributed by atoms with Crippen molar-refractivity contribution in [3.8, 4) is 11.8 Å². The van der Waals surface area contributed by atoms with Crippen molar-refractivity contribution >= 4 is 22.6 Å². The Bertz CT molecular complexity index is 810. The number of carbonyl (C=O) groups is 1. The number of aromatic amines is 1. The van der Waals surface area contributed by atoms with E-state index >= 15 is 0 Å². The fourth-order valence-corrected chi connectivity index (χ4v) is 1.82. The molecule has 0 atom stereocenters. The Labute approximate surface area is 115 Å². The topological polar surface area (TPSA) is 57.8 Å². The Kier molecular flexibility index (Phi) is 3.17. The lowest BCUT2D eigenvalue weighted by molar-refractivity contribution is -0.111. The molecule has 20 heavy (non-hydrogen) atoms. The second kappa shape index (κ2) is 5.29. The number of hydrogen-bond acceptors (Lipinski definition) is 2. The van der Waals surface area contributed by atoms with Crippen LogP contribution in [0.2, 0.25) is 0 Å². The molecule has 0 saturated heterocycles. The number of aromatic nitrogens is 2. The number of H-pyrrole nitrogens is 1. The van der Waals surface area contributed by atoms with Crippen LogP contribution in [0.5, 0.6) is 0 Å². The number of fused-ring (bicyclic) bond motifs is 1. The zero-order chi connectivity index (χ0) is 13.8. The molecule has 1 aromatic carbocycles. The molecule has 2 heterocycles. The van der Waals surface area contributed by atoms with Crippen molar-refractivity contribution in [3.05, 3.63) is 60.4 Å². The highest BCUT2D eigenvalue weighted by atomic mass is 16.1. The van der Waals surface area contributed by atoms with E-state index in [1.54, 1.807) is 12.4 Å². The fraction of sp³-hybridized carbons (Fsp3) is 0.